The van der Waals surface area contributed by atoms with Crippen LogP contribution in [0.4, 0.5) is 18.0 Å². The van der Waals surface area contributed by atoms with Gasteiger partial charge in [-0.05, 0) is 55.7 Å². The maximum atomic E-state index is 14.2. The summed E-state index contributed by atoms with van der Waals surface area (Å²) in [6.45, 7) is 0.115. The van der Waals surface area contributed by atoms with Crippen LogP contribution >= 0.6 is 11.6 Å². The lowest BCUT2D eigenvalue weighted by Crippen LogP contribution is -2.58. The average molecular weight is 772 g/mol. The molecule has 2 saturated carbocycles. The Balaban J connectivity index is 1.24. The number of nitrogens with zero attached hydrogens (tertiary/aromatic N) is 2. The Labute approximate surface area is 304 Å². The molecular weight excluding hydrogens is 731 g/mol. The fraction of sp³-hybridized carbons (Fsp3) is 0.618. The Bertz CT molecular complexity index is 1760. The second kappa shape index (κ2) is 14.9. The molecule has 0 bridgehead atoms. The summed E-state index contributed by atoms with van der Waals surface area (Å²) in [6.07, 6.45) is -1.92. The second-order valence-corrected chi connectivity index (χ2v) is 16.6. The number of ether oxygens (including phenoxy) is 1. The number of rotatable bonds is 7. The standard InChI is InChI=1S/C34H41ClF3N5O8S/c35-25-9-6-7-20-17-42(19-24(20)25)32(48)51-22-15-27-29(45)40-33(31(47)41-52(49,50)23-11-12-23)16-21(33)8-4-2-1-3-5-10-26(30(46)43(27)18-22)39-28(44)13-14-34(36,37)38/h4,6-9,21-23,26-27H,1-3,5,10-19H2,(H,39,44)(H,40,45)(H,41,47)/b8-4-/t21-,22+,26-,27-,33+/m0/s1. The van der Waals surface area contributed by atoms with Gasteiger partial charge in [0, 0.05) is 30.3 Å². The number of amides is 5. The zero-order chi connectivity index (χ0) is 37.4. The van der Waals surface area contributed by atoms with Crippen molar-refractivity contribution in [2.24, 2.45) is 5.92 Å². The zero-order valence-electron chi connectivity index (χ0n) is 28.3. The fourth-order valence-electron chi connectivity index (χ4n) is 7.10. The largest absolute Gasteiger partial charge is 0.444 e. The van der Waals surface area contributed by atoms with Crippen LogP contribution < -0.4 is 15.4 Å². The molecule has 1 aromatic rings. The Morgan fingerprint density at radius 1 is 1.08 bits per heavy atom. The fourth-order valence-corrected chi connectivity index (χ4v) is 8.71. The highest BCUT2D eigenvalue weighted by Gasteiger charge is 2.62. The van der Waals surface area contributed by atoms with Gasteiger partial charge < -0.3 is 20.3 Å². The van der Waals surface area contributed by atoms with Crippen molar-refractivity contribution in [1.82, 2.24) is 25.2 Å². The van der Waals surface area contributed by atoms with Gasteiger partial charge in [-0.25, -0.2) is 13.2 Å². The summed E-state index contributed by atoms with van der Waals surface area (Å²) >= 11 is 6.31. The number of nitrogens with one attached hydrogen (secondary N) is 3. The first-order chi connectivity index (χ1) is 24.6. The van der Waals surface area contributed by atoms with Gasteiger partial charge in [0.05, 0.1) is 24.8 Å². The van der Waals surface area contributed by atoms with Crippen molar-refractivity contribution in [1.29, 1.82) is 0 Å². The molecule has 13 nitrogen and oxygen atoms in total. The highest BCUT2D eigenvalue weighted by molar-refractivity contribution is 7.91. The van der Waals surface area contributed by atoms with Crippen molar-refractivity contribution in [3.8, 4) is 0 Å². The van der Waals surface area contributed by atoms with Gasteiger partial charge in [-0.2, -0.15) is 13.2 Å². The summed E-state index contributed by atoms with van der Waals surface area (Å²) in [7, 11) is -3.96. The van der Waals surface area contributed by atoms with Crippen molar-refractivity contribution in [2.45, 2.75) is 119 Å². The van der Waals surface area contributed by atoms with E-state index in [1.807, 2.05) is 12.1 Å². The van der Waals surface area contributed by atoms with E-state index in [1.54, 1.807) is 18.2 Å². The quantitative estimate of drug-likeness (QED) is 0.353. The normalized spacial score (nSPS) is 28.7. The molecule has 6 rings (SSSR count). The van der Waals surface area contributed by atoms with E-state index in [-0.39, 0.29) is 38.9 Å². The van der Waals surface area contributed by atoms with Crippen LogP contribution in [-0.4, -0.2) is 89.6 Å². The van der Waals surface area contributed by atoms with Crippen LogP contribution in [0, 0.1) is 5.92 Å². The van der Waals surface area contributed by atoms with Gasteiger partial charge in [-0.15, -0.1) is 0 Å². The smallest absolute Gasteiger partial charge is 0.410 e. The summed E-state index contributed by atoms with van der Waals surface area (Å²) < 4.78 is 72.0. The molecule has 3 aliphatic heterocycles. The van der Waals surface area contributed by atoms with Crippen LogP contribution in [0.5, 0.6) is 0 Å². The van der Waals surface area contributed by atoms with Crippen LogP contribution in [0.2, 0.25) is 5.02 Å². The van der Waals surface area contributed by atoms with Crippen LogP contribution in [0.25, 0.3) is 0 Å². The highest BCUT2D eigenvalue weighted by Crippen LogP contribution is 2.46. The lowest BCUT2D eigenvalue weighted by atomic mass is 10.0. The second-order valence-electron chi connectivity index (χ2n) is 14.2. The number of hydrogen-bond acceptors (Lipinski definition) is 8. The number of carbonyl (C=O) groups excluding carboxylic acids is 5. The van der Waals surface area contributed by atoms with Crippen molar-refractivity contribution in [2.75, 3.05) is 6.54 Å². The van der Waals surface area contributed by atoms with Gasteiger partial charge >= 0.3 is 12.3 Å². The molecule has 1 aromatic carbocycles. The third-order valence-corrected chi connectivity index (χ3v) is 12.4. The molecule has 5 amide bonds. The molecule has 3 N–H and O–H groups in total. The monoisotopic (exact) mass is 771 g/mol. The third kappa shape index (κ3) is 8.67. The molecule has 3 heterocycles. The first-order valence-corrected chi connectivity index (χ1v) is 19.4. The lowest BCUT2D eigenvalue weighted by Gasteiger charge is -2.30. The van der Waals surface area contributed by atoms with Gasteiger partial charge in [0.1, 0.15) is 23.7 Å². The number of carbonyl (C=O) groups is 5. The van der Waals surface area contributed by atoms with E-state index in [2.05, 4.69) is 15.4 Å². The molecule has 52 heavy (non-hydrogen) atoms. The number of benzene rings is 1. The first-order valence-electron chi connectivity index (χ1n) is 17.5. The Morgan fingerprint density at radius 2 is 1.85 bits per heavy atom. The van der Waals surface area contributed by atoms with Crippen LogP contribution in [0.15, 0.2) is 30.4 Å². The summed E-state index contributed by atoms with van der Waals surface area (Å²) in [5.41, 5.74) is -0.0212. The molecule has 18 heteroatoms. The van der Waals surface area contributed by atoms with E-state index in [4.69, 9.17) is 16.3 Å². The number of fused-ring (bicyclic) bond motifs is 3. The lowest BCUT2D eigenvalue weighted by molar-refractivity contribution is -0.146. The van der Waals surface area contributed by atoms with Gasteiger partial charge in [-0.3, -0.25) is 28.8 Å². The number of hydrogen-bond donors (Lipinski definition) is 3. The van der Waals surface area contributed by atoms with E-state index >= 15 is 0 Å². The molecule has 0 aromatic heterocycles. The SMILES string of the molecule is O=C(CCC(F)(F)F)N[C@H]1CCCCC/C=C\[C@H]2C[C@@]2(C(=O)NS(=O)(=O)C2CC2)NC(=O)[C@@H]2C[C@@H](OC(=O)N3Cc4cccc(Cl)c4C3)CN2C1=O. The van der Waals surface area contributed by atoms with E-state index in [0.29, 0.717) is 43.5 Å². The third-order valence-electron chi connectivity index (χ3n) is 10.3. The van der Waals surface area contributed by atoms with Gasteiger partial charge in [-0.1, -0.05) is 48.7 Å². The molecule has 0 spiro atoms. The van der Waals surface area contributed by atoms with Gasteiger partial charge in [0.25, 0.3) is 5.91 Å². The van der Waals surface area contributed by atoms with Crippen molar-refractivity contribution in [3.63, 3.8) is 0 Å². The molecule has 0 unspecified atom stereocenters. The van der Waals surface area contributed by atoms with E-state index in [1.165, 1.54) is 4.90 Å². The number of alkyl halides is 3. The van der Waals surface area contributed by atoms with Gasteiger partial charge in [0.15, 0.2) is 0 Å². The van der Waals surface area contributed by atoms with E-state index in [0.717, 1.165) is 16.0 Å². The maximum absolute atomic E-state index is 14.2. The van der Waals surface area contributed by atoms with Crippen molar-refractivity contribution in [3.05, 3.63) is 46.5 Å². The summed E-state index contributed by atoms with van der Waals surface area (Å²) in [4.78, 5) is 70.4. The van der Waals surface area contributed by atoms with Crippen molar-refractivity contribution < 1.29 is 50.3 Å². The van der Waals surface area contributed by atoms with E-state index in [9.17, 15) is 45.6 Å². The summed E-state index contributed by atoms with van der Waals surface area (Å²) in [5, 5.41) is 4.93. The topological polar surface area (TPSA) is 171 Å². The molecule has 3 fully saturated rings. The molecule has 0 radical (unpaired) electrons. The molecule has 2 aliphatic carbocycles. The Morgan fingerprint density at radius 3 is 2.56 bits per heavy atom. The zero-order valence-corrected chi connectivity index (χ0v) is 29.8. The average Bonchev–Trinajstić information content (AvgIpc) is 3.96. The summed E-state index contributed by atoms with van der Waals surface area (Å²) in [5.74, 6) is -3.97. The predicted molar refractivity (Wildman–Crippen MR) is 180 cm³/mol. The Hall–Kier alpha value is -3.86. The minimum Gasteiger partial charge on any atom is -0.444 e. The van der Waals surface area contributed by atoms with E-state index < -0.39 is 93.7 Å². The molecule has 284 valence electrons. The number of sulfonamides is 1. The maximum Gasteiger partial charge on any atom is 0.410 e. The number of halogens is 4. The minimum absolute atomic E-state index is 0.0798. The molecule has 5 aliphatic rings. The highest BCUT2D eigenvalue weighted by atomic mass is 35.5. The predicted octanol–water partition coefficient (Wildman–Crippen LogP) is 3.59. The first kappa shape index (κ1) is 37.9. The molecule has 5 atom stereocenters. The minimum atomic E-state index is -4.59. The van der Waals surface area contributed by atoms with Crippen LogP contribution in [0.1, 0.15) is 81.8 Å². The Kier molecular flexibility index (Phi) is 10.8. The van der Waals surface area contributed by atoms with Gasteiger partial charge in [0.2, 0.25) is 27.7 Å². The molecular formula is C34H41ClF3N5O8S. The molecule has 1 saturated heterocycles. The van der Waals surface area contributed by atoms with Crippen LogP contribution in [-0.2, 0) is 47.0 Å². The summed E-state index contributed by atoms with van der Waals surface area (Å²) in [6, 6.07) is 2.68. The number of allylic oxidation sites excluding steroid dienone is 1. The van der Waals surface area contributed by atoms with Crippen LogP contribution in [0.3, 0.4) is 0 Å². The van der Waals surface area contributed by atoms with Crippen molar-refractivity contribution >= 4 is 51.3 Å².